The molecule has 0 aromatic rings. The van der Waals surface area contributed by atoms with Crippen LogP contribution in [0, 0.1) is 0 Å². The molecule has 0 spiro atoms. The lowest BCUT2D eigenvalue weighted by molar-refractivity contribution is -0.888. The monoisotopic (exact) mass is 583 g/mol. The molecule has 0 atom stereocenters. The van der Waals surface area contributed by atoms with Crippen LogP contribution in [0.1, 0.15) is 175 Å². The van der Waals surface area contributed by atoms with Gasteiger partial charge in [-0.2, -0.15) is 0 Å². The van der Waals surface area contributed by atoms with Crippen LogP contribution in [0.2, 0.25) is 0 Å². The highest BCUT2D eigenvalue weighted by molar-refractivity contribution is 4.49. The summed E-state index contributed by atoms with van der Waals surface area (Å²) in [5.41, 5.74) is 0. The lowest BCUT2D eigenvalue weighted by Crippen LogP contribution is -3.05. The van der Waals surface area contributed by atoms with Gasteiger partial charge in [-0.3, -0.25) is 0 Å². The molecule has 236 valence electrons. The summed E-state index contributed by atoms with van der Waals surface area (Å²) < 4.78 is 1.19. The van der Waals surface area contributed by atoms with Gasteiger partial charge in [0.2, 0.25) is 0 Å². The number of halogens is 2. The van der Waals surface area contributed by atoms with Gasteiger partial charge in [-0.25, -0.2) is 0 Å². The summed E-state index contributed by atoms with van der Waals surface area (Å²) in [6, 6.07) is 0. The highest BCUT2D eigenvalue weighted by atomic mass is 35.5. The highest BCUT2D eigenvalue weighted by Crippen LogP contribution is 2.13. The molecule has 0 aromatic carbocycles. The van der Waals surface area contributed by atoms with Crippen molar-refractivity contribution in [2.24, 2.45) is 0 Å². The van der Waals surface area contributed by atoms with Gasteiger partial charge in [-0.1, -0.05) is 142 Å². The zero-order valence-corrected chi connectivity index (χ0v) is 29.3. The Bertz CT molecular complexity index is 389. The van der Waals surface area contributed by atoms with Crippen LogP contribution in [0.25, 0.3) is 0 Å². The Labute approximate surface area is 256 Å². The van der Waals surface area contributed by atoms with E-state index in [1.807, 2.05) is 0 Å². The first-order chi connectivity index (χ1) is 17.4. The van der Waals surface area contributed by atoms with Crippen molar-refractivity contribution >= 4 is 0 Å². The van der Waals surface area contributed by atoms with Gasteiger partial charge in [0.05, 0.1) is 47.8 Å². The summed E-state index contributed by atoms with van der Waals surface area (Å²) in [5.74, 6) is 0. The molecule has 0 saturated heterocycles. The quantitative estimate of drug-likeness (QED) is 0.111. The van der Waals surface area contributed by atoms with Gasteiger partial charge in [0.15, 0.2) is 0 Å². The van der Waals surface area contributed by atoms with Crippen molar-refractivity contribution in [1.29, 1.82) is 0 Å². The summed E-state index contributed by atoms with van der Waals surface area (Å²) >= 11 is 0. The summed E-state index contributed by atoms with van der Waals surface area (Å²) in [4.78, 5) is 1.59. The molecule has 0 saturated carbocycles. The van der Waals surface area contributed by atoms with Gasteiger partial charge in [-0.05, 0) is 32.6 Å². The zero-order chi connectivity index (χ0) is 27.2. The van der Waals surface area contributed by atoms with E-state index < -0.39 is 0 Å². The van der Waals surface area contributed by atoms with E-state index in [0.29, 0.717) is 0 Å². The van der Waals surface area contributed by atoms with E-state index in [1.54, 1.807) is 4.90 Å². The maximum absolute atomic E-state index is 2.35. The van der Waals surface area contributed by atoms with Crippen LogP contribution in [0.15, 0.2) is 0 Å². The predicted octanol–water partition coefficient (Wildman–Crippen LogP) is 3.62. The van der Waals surface area contributed by atoms with Crippen molar-refractivity contribution in [3.63, 3.8) is 0 Å². The van der Waals surface area contributed by atoms with Gasteiger partial charge in [0, 0.05) is 0 Å². The molecule has 0 radical (unpaired) electrons. The maximum atomic E-state index is 2.35. The average Bonchev–Trinajstić information content (AvgIpc) is 2.85. The van der Waals surface area contributed by atoms with Crippen LogP contribution in [-0.4, -0.2) is 52.3 Å². The molecule has 0 aliphatic heterocycles. The Morgan fingerprint density at radius 1 is 0.395 bits per heavy atom. The molecule has 0 aromatic heterocycles. The third-order valence-electron chi connectivity index (χ3n) is 8.00. The SMILES string of the molecule is CCCCCCCCCCCCCC[N+](C)(C)CC.CCCCCCCCCCCCCC[NH+](C)C.[Cl-].[Cl-]. The summed E-state index contributed by atoms with van der Waals surface area (Å²) in [5, 5.41) is 0. The van der Waals surface area contributed by atoms with Crippen molar-refractivity contribution in [1.82, 2.24) is 0 Å². The molecule has 0 amide bonds. The summed E-state index contributed by atoms with van der Waals surface area (Å²) in [6.07, 6.45) is 34.9. The second-order valence-corrected chi connectivity index (χ2v) is 12.7. The van der Waals surface area contributed by atoms with Crippen LogP contribution in [0.3, 0.4) is 0 Å². The van der Waals surface area contributed by atoms with E-state index in [9.17, 15) is 0 Å². The van der Waals surface area contributed by atoms with Gasteiger partial charge in [-0.15, -0.1) is 0 Å². The van der Waals surface area contributed by atoms with Gasteiger partial charge >= 0.3 is 0 Å². The third-order valence-corrected chi connectivity index (χ3v) is 8.00. The van der Waals surface area contributed by atoms with Crippen LogP contribution in [0.5, 0.6) is 0 Å². The molecule has 4 heteroatoms. The third kappa shape index (κ3) is 43.5. The van der Waals surface area contributed by atoms with Crippen LogP contribution in [-0.2, 0) is 0 Å². The summed E-state index contributed by atoms with van der Waals surface area (Å²) in [7, 11) is 9.19. The Kier molecular flexibility index (Phi) is 44.9. The summed E-state index contributed by atoms with van der Waals surface area (Å²) in [6.45, 7) is 10.8. The van der Waals surface area contributed by atoms with Gasteiger partial charge in [0.1, 0.15) is 0 Å². The molecule has 0 heterocycles. The van der Waals surface area contributed by atoms with E-state index in [1.165, 1.54) is 178 Å². The van der Waals surface area contributed by atoms with Gasteiger partial charge < -0.3 is 34.2 Å². The fraction of sp³-hybridized carbons (Fsp3) is 1.00. The van der Waals surface area contributed by atoms with Crippen molar-refractivity contribution in [2.75, 3.05) is 47.8 Å². The molecular formula is C34H76Cl2N2. The molecule has 38 heavy (non-hydrogen) atoms. The van der Waals surface area contributed by atoms with E-state index in [0.717, 1.165) is 0 Å². The standard InChI is InChI=1S/C18H40N.C16H35N.2ClH/c1-5-7-8-9-10-11-12-13-14-15-16-17-18-19(3,4)6-2;1-4-5-6-7-8-9-10-11-12-13-14-15-16-17(2)3;;/h5-18H2,1-4H3;4-16H2,1-3H3;2*1H/q+1;;;/p-1. The number of rotatable bonds is 27. The molecule has 0 aliphatic carbocycles. The minimum absolute atomic E-state index is 0. The smallest absolute Gasteiger partial charge is 0.0782 e. The Morgan fingerprint density at radius 2 is 0.658 bits per heavy atom. The van der Waals surface area contributed by atoms with Crippen molar-refractivity contribution in [3.8, 4) is 0 Å². The van der Waals surface area contributed by atoms with Crippen LogP contribution >= 0.6 is 0 Å². The van der Waals surface area contributed by atoms with Gasteiger partial charge in [0.25, 0.3) is 0 Å². The fourth-order valence-corrected chi connectivity index (χ4v) is 4.86. The number of hydrogen-bond acceptors (Lipinski definition) is 0. The minimum Gasteiger partial charge on any atom is -1.00 e. The molecule has 0 aliphatic rings. The Hall–Kier alpha value is 0.500. The van der Waals surface area contributed by atoms with Crippen LogP contribution in [0.4, 0.5) is 0 Å². The number of hydrogen-bond donors (Lipinski definition) is 1. The zero-order valence-electron chi connectivity index (χ0n) is 27.8. The second kappa shape index (κ2) is 37.5. The number of nitrogens with zero attached hydrogens (tertiary/aromatic N) is 1. The Balaban J connectivity index is -0.000000291. The number of nitrogens with one attached hydrogen (secondary N) is 1. The fourth-order valence-electron chi connectivity index (χ4n) is 4.86. The Morgan fingerprint density at radius 3 is 0.921 bits per heavy atom. The first-order valence-electron chi connectivity index (χ1n) is 17.0. The first kappa shape index (κ1) is 45.5. The van der Waals surface area contributed by atoms with E-state index in [-0.39, 0.29) is 24.8 Å². The lowest BCUT2D eigenvalue weighted by atomic mass is 10.1. The molecule has 0 bridgehead atoms. The number of unbranched alkanes of at least 4 members (excludes halogenated alkanes) is 22. The predicted molar refractivity (Wildman–Crippen MR) is 167 cm³/mol. The van der Waals surface area contributed by atoms with Crippen molar-refractivity contribution in [3.05, 3.63) is 0 Å². The molecule has 0 fully saturated rings. The van der Waals surface area contributed by atoms with Crippen LogP contribution < -0.4 is 29.7 Å². The van der Waals surface area contributed by atoms with E-state index >= 15 is 0 Å². The molecule has 0 rings (SSSR count). The largest absolute Gasteiger partial charge is 1.00 e. The number of quaternary nitrogens is 2. The van der Waals surface area contributed by atoms with Crippen molar-refractivity contribution in [2.45, 2.75) is 175 Å². The first-order valence-corrected chi connectivity index (χ1v) is 17.0. The second-order valence-electron chi connectivity index (χ2n) is 12.7. The minimum atomic E-state index is 0. The molecule has 0 unspecified atom stereocenters. The molecule has 1 N–H and O–H groups in total. The molecular weight excluding hydrogens is 507 g/mol. The average molecular weight is 584 g/mol. The highest BCUT2D eigenvalue weighted by Gasteiger charge is 2.09. The van der Waals surface area contributed by atoms with E-state index in [4.69, 9.17) is 0 Å². The topological polar surface area (TPSA) is 4.44 Å². The molecule has 2 nitrogen and oxygen atoms in total. The normalized spacial score (nSPS) is 11.1. The maximum Gasteiger partial charge on any atom is 0.0782 e. The lowest BCUT2D eigenvalue weighted by Gasteiger charge is -2.28. The van der Waals surface area contributed by atoms with Crippen molar-refractivity contribution < 1.29 is 34.2 Å². The van der Waals surface area contributed by atoms with E-state index in [2.05, 4.69) is 49.0 Å².